The molecule has 1 aromatic carbocycles. The van der Waals surface area contributed by atoms with Crippen molar-refractivity contribution in [1.29, 1.82) is 5.26 Å². The largest absolute Gasteiger partial charge is 0.493 e. The Balaban J connectivity index is 2.96. The summed E-state index contributed by atoms with van der Waals surface area (Å²) in [6.07, 6.45) is 0. The molecule has 1 atom stereocenters. The molecule has 7 nitrogen and oxygen atoms in total. The first-order valence-corrected chi connectivity index (χ1v) is 5.51. The van der Waals surface area contributed by atoms with Crippen LogP contribution in [-0.2, 0) is 0 Å². The number of non-ortho nitro benzene ring substituents is 1. The van der Waals surface area contributed by atoms with Crippen LogP contribution >= 0.6 is 0 Å². The highest BCUT2D eigenvalue weighted by atomic mass is 16.6. The summed E-state index contributed by atoms with van der Waals surface area (Å²) in [4.78, 5) is 10.2. The molecule has 0 aliphatic carbocycles. The molecule has 0 amide bonds. The number of nitro groups is 1. The fourth-order valence-corrected chi connectivity index (χ4v) is 1.27. The minimum atomic E-state index is -0.879. The van der Waals surface area contributed by atoms with Gasteiger partial charge in [0.05, 0.1) is 24.2 Å². The van der Waals surface area contributed by atoms with Crippen LogP contribution < -0.4 is 14.8 Å². The zero-order chi connectivity index (χ0) is 14.5. The van der Waals surface area contributed by atoms with E-state index in [0.717, 1.165) is 0 Å². The van der Waals surface area contributed by atoms with Gasteiger partial charge < -0.3 is 9.47 Å². The monoisotopic (exact) mass is 265 g/mol. The second kappa shape index (κ2) is 6.02. The Hall–Kier alpha value is -2.33. The van der Waals surface area contributed by atoms with E-state index in [9.17, 15) is 10.1 Å². The number of methoxy groups -OCH3 is 1. The minimum Gasteiger partial charge on any atom is -0.493 e. The Labute approximate surface area is 110 Å². The highest BCUT2D eigenvalue weighted by molar-refractivity contribution is 5.48. The van der Waals surface area contributed by atoms with Crippen molar-refractivity contribution in [2.45, 2.75) is 12.5 Å². The highest BCUT2D eigenvalue weighted by Gasteiger charge is 2.23. The van der Waals surface area contributed by atoms with E-state index in [2.05, 4.69) is 11.4 Å². The number of hydrogen-bond acceptors (Lipinski definition) is 6. The van der Waals surface area contributed by atoms with Gasteiger partial charge in [-0.15, -0.1) is 0 Å². The third-order valence-corrected chi connectivity index (χ3v) is 2.67. The molecule has 0 saturated heterocycles. The maximum atomic E-state index is 10.7. The summed E-state index contributed by atoms with van der Waals surface area (Å²) in [6, 6.07) is 6.11. The molecule has 0 heterocycles. The van der Waals surface area contributed by atoms with E-state index in [-0.39, 0.29) is 18.0 Å². The average Bonchev–Trinajstić information content (AvgIpc) is 2.44. The van der Waals surface area contributed by atoms with Crippen LogP contribution in [0.15, 0.2) is 18.2 Å². The number of hydrogen-bond donors (Lipinski definition) is 1. The van der Waals surface area contributed by atoms with Crippen LogP contribution in [0.1, 0.15) is 6.92 Å². The van der Waals surface area contributed by atoms with Crippen LogP contribution in [0.4, 0.5) is 5.69 Å². The molecule has 0 spiro atoms. The van der Waals surface area contributed by atoms with Crippen molar-refractivity contribution in [2.24, 2.45) is 0 Å². The van der Waals surface area contributed by atoms with Crippen molar-refractivity contribution in [1.82, 2.24) is 5.32 Å². The number of nitrogens with zero attached hydrogens (tertiary/aromatic N) is 2. The molecule has 0 saturated carbocycles. The fourth-order valence-electron chi connectivity index (χ4n) is 1.27. The summed E-state index contributed by atoms with van der Waals surface area (Å²) in [5, 5.41) is 22.5. The number of benzene rings is 1. The van der Waals surface area contributed by atoms with Gasteiger partial charge in [0.1, 0.15) is 12.1 Å². The predicted molar refractivity (Wildman–Crippen MR) is 68.2 cm³/mol. The Morgan fingerprint density at radius 3 is 2.68 bits per heavy atom. The van der Waals surface area contributed by atoms with E-state index in [1.54, 1.807) is 14.0 Å². The SMILES string of the molecule is CNC(C)(C#N)COc1cc([N+](=O)[O-])ccc1OC. The van der Waals surface area contributed by atoms with Gasteiger partial charge in [0.15, 0.2) is 11.5 Å². The van der Waals surface area contributed by atoms with E-state index in [1.807, 2.05) is 0 Å². The lowest BCUT2D eigenvalue weighted by atomic mass is 10.1. The Kier molecular flexibility index (Phi) is 4.67. The summed E-state index contributed by atoms with van der Waals surface area (Å²) < 4.78 is 10.5. The quantitative estimate of drug-likeness (QED) is 0.618. The van der Waals surface area contributed by atoms with Crippen molar-refractivity contribution in [3.05, 3.63) is 28.3 Å². The van der Waals surface area contributed by atoms with Crippen LogP contribution in [0.2, 0.25) is 0 Å². The lowest BCUT2D eigenvalue weighted by Gasteiger charge is -2.21. The minimum absolute atomic E-state index is 0.0392. The summed E-state index contributed by atoms with van der Waals surface area (Å²) in [5.74, 6) is 0.607. The van der Waals surface area contributed by atoms with Gasteiger partial charge in [0.25, 0.3) is 5.69 Å². The number of nitriles is 1. The van der Waals surface area contributed by atoms with Crippen LogP contribution in [-0.4, -0.2) is 31.2 Å². The molecule has 1 aromatic rings. The normalized spacial score (nSPS) is 13.2. The van der Waals surface area contributed by atoms with Crippen molar-refractivity contribution >= 4 is 5.69 Å². The molecular formula is C12H15N3O4. The van der Waals surface area contributed by atoms with Crippen LogP contribution in [0.5, 0.6) is 11.5 Å². The molecule has 1 unspecified atom stereocenters. The van der Waals surface area contributed by atoms with E-state index >= 15 is 0 Å². The third kappa shape index (κ3) is 3.56. The molecule has 0 aliphatic heterocycles. The van der Waals surface area contributed by atoms with Crippen LogP contribution in [0.25, 0.3) is 0 Å². The van der Waals surface area contributed by atoms with Crippen molar-refractivity contribution in [3.8, 4) is 17.6 Å². The molecule has 19 heavy (non-hydrogen) atoms. The molecule has 0 radical (unpaired) electrons. The zero-order valence-electron chi connectivity index (χ0n) is 11.0. The van der Waals surface area contributed by atoms with Gasteiger partial charge in [-0.3, -0.25) is 15.4 Å². The topological polar surface area (TPSA) is 97.4 Å². The number of nitro benzene ring substituents is 1. The average molecular weight is 265 g/mol. The van der Waals surface area contributed by atoms with Gasteiger partial charge in [-0.1, -0.05) is 0 Å². The van der Waals surface area contributed by atoms with Gasteiger partial charge in [0, 0.05) is 6.07 Å². The van der Waals surface area contributed by atoms with Gasteiger partial charge in [-0.25, -0.2) is 0 Å². The first-order valence-electron chi connectivity index (χ1n) is 5.51. The summed E-state index contributed by atoms with van der Waals surface area (Å²) >= 11 is 0. The van der Waals surface area contributed by atoms with Crippen molar-refractivity contribution in [2.75, 3.05) is 20.8 Å². The molecule has 0 bridgehead atoms. The lowest BCUT2D eigenvalue weighted by Crippen LogP contribution is -2.43. The Morgan fingerprint density at radius 1 is 1.53 bits per heavy atom. The Morgan fingerprint density at radius 2 is 2.21 bits per heavy atom. The number of likely N-dealkylation sites (N-methyl/N-ethyl adjacent to an activating group) is 1. The second-order valence-electron chi connectivity index (χ2n) is 4.07. The third-order valence-electron chi connectivity index (χ3n) is 2.67. The number of ether oxygens (including phenoxy) is 2. The van der Waals surface area contributed by atoms with Gasteiger partial charge >= 0.3 is 0 Å². The van der Waals surface area contributed by atoms with E-state index in [4.69, 9.17) is 14.7 Å². The van der Waals surface area contributed by atoms with Gasteiger partial charge in [-0.2, -0.15) is 5.26 Å². The van der Waals surface area contributed by atoms with E-state index in [1.165, 1.54) is 25.3 Å². The first-order chi connectivity index (χ1) is 8.95. The molecule has 7 heteroatoms. The van der Waals surface area contributed by atoms with Crippen molar-refractivity contribution in [3.63, 3.8) is 0 Å². The highest BCUT2D eigenvalue weighted by Crippen LogP contribution is 2.31. The van der Waals surface area contributed by atoms with E-state index < -0.39 is 10.5 Å². The maximum absolute atomic E-state index is 10.7. The van der Waals surface area contributed by atoms with Crippen molar-refractivity contribution < 1.29 is 14.4 Å². The van der Waals surface area contributed by atoms with E-state index in [0.29, 0.717) is 5.75 Å². The molecule has 0 aromatic heterocycles. The molecular weight excluding hydrogens is 250 g/mol. The maximum Gasteiger partial charge on any atom is 0.273 e. The zero-order valence-corrected chi connectivity index (χ0v) is 11.0. The summed E-state index contributed by atoms with van der Waals surface area (Å²) in [5.41, 5.74) is -0.978. The smallest absolute Gasteiger partial charge is 0.273 e. The first kappa shape index (κ1) is 14.7. The summed E-state index contributed by atoms with van der Waals surface area (Å²) in [6.45, 7) is 1.70. The Bertz CT molecular complexity index is 512. The summed E-state index contributed by atoms with van der Waals surface area (Å²) in [7, 11) is 3.08. The predicted octanol–water partition coefficient (Wildman–Crippen LogP) is 1.48. The van der Waals surface area contributed by atoms with Gasteiger partial charge in [0.2, 0.25) is 0 Å². The number of nitrogens with one attached hydrogen (secondary N) is 1. The van der Waals surface area contributed by atoms with Crippen LogP contribution in [0.3, 0.4) is 0 Å². The lowest BCUT2D eigenvalue weighted by molar-refractivity contribution is -0.385. The van der Waals surface area contributed by atoms with Gasteiger partial charge in [-0.05, 0) is 20.0 Å². The second-order valence-corrected chi connectivity index (χ2v) is 4.07. The molecule has 1 N–H and O–H groups in total. The molecule has 0 aliphatic rings. The molecule has 102 valence electrons. The number of rotatable bonds is 6. The van der Waals surface area contributed by atoms with Crippen LogP contribution in [0, 0.1) is 21.4 Å². The fraction of sp³-hybridized carbons (Fsp3) is 0.417. The standard InChI is InChI=1S/C12H15N3O4/c1-12(7-13,14-2)8-19-11-6-9(15(16)17)4-5-10(11)18-3/h4-6,14H,8H2,1-3H3. The molecule has 0 fully saturated rings. The molecule has 1 rings (SSSR count).